The monoisotopic (exact) mass is 1060 g/mol. The third-order valence-corrected chi connectivity index (χ3v) is 17.0. The van der Waals surface area contributed by atoms with E-state index in [2.05, 4.69) is 278 Å². The number of fused-ring (bicyclic) bond motifs is 9. The average Bonchev–Trinajstić information content (AvgIpc) is 3.43. The largest absolute Gasteiger partial charge is 0.309 e. The lowest BCUT2D eigenvalue weighted by molar-refractivity contribution is 1.18. The molecule has 83 heavy (non-hydrogen) atoms. The second-order valence-corrected chi connectivity index (χ2v) is 22.6. The van der Waals surface area contributed by atoms with Gasteiger partial charge in [-0.3, -0.25) is 9.97 Å². The molecule has 0 saturated heterocycles. The van der Waals surface area contributed by atoms with Crippen molar-refractivity contribution in [1.29, 1.82) is 5.26 Å². The van der Waals surface area contributed by atoms with Gasteiger partial charge in [0.25, 0.3) is 0 Å². The molecule has 0 N–H and O–H groups in total. The van der Waals surface area contributed by atoms with Gasteiger partial charge < -0.3 is 13.7 Å². The summed E-state index contributed by atoms with van der Waals surface area (Å²) in [6.07, 6.45) is 7.46. The molecule has 0 aliphatic heterocycles. The molecule has 6 heteroatoms. The predicted molar refractivity (Wildman–Crippen MR) is 345 cm³/mol. The summed E-state index contributed by atoms with van der Waals surface area (Å²) in [5, 5.41) is 19.7. The SMILES string of the molecule is Cc1ccc2c(c1)c1cc(C)ccc1n2-c1cccc(-c2c(C#N)c(-c3cccc(-n4c5ccc(C)cc5c5cc(C)ccc54)c3)c(-c3ccncc3)c(-c3cccc(-n4c5ccc(C)cc5c5cc(C)ccc54)c3)c2-c2ccncc2)c1. The Morgan fingerprint density at radius 2 is 0.530 bits per heavy atom. The van der Waals surface area contributed by atoms with E-state index >= 15 is 0 Å². The summed E-state index contributed by atoms with van der Waals surface area (Å²) in [6.45, 7) is 13.0. The Kier molecular flexibility index (Phi) is 11.5. The molecule has 0 radical (unpaired) electrons. The van der Waals surface area contributed by atoms with Gasteiger partial charge in [0.15, 0.2) is 0 Å². The maximum Gasteiger partial charge on any atom is 0.100 e. The van der Waals surface area contributed by atoms with Crippen LogP contribution >= 0.6 is 0 Å². The van der Waals surface area contributed by atoms with Crippen molar-refractivity contribution in [3.63, 3.8) is 0 Å². The summed E-state index contributed by atoms with van der Waals surface area (Å²) in [7, 11) is 0. The minimum atomic E-state index is 0.563. The van der Waals surface area contributed by atoms with Crippen molar-refractivity contribution in [3.8, 4) is 78.8 Å². The summed E-state index contributed by atoms with van der Waals surface area (Å²) < 4.78 is 7.18. The molecular formula is C77H56N6. The lowest BCUT2D eigenvalue weighted by atomic mass is 9.76. The minimum Gasteiger partial charge on any atom is -0.309 e. The number of pyridine rings is 2. The average molecular weight is 1070 g/mol. The lowest BCUT2D eigenvalue weighted by Gasteiger charge is -2.27. The summed E-state index contributed by atoms with van der Waals surface area (Å²) in [5.41, 5.74) is 26.8. The van der Waals surface area contributed by atoms with Crippen molar-refractivity contribution in [1.82, 2.24) is 23.7 Å². The number of benzene rings is 10. The van der Waals surface area contributed by atoms with E-state index in [0.29, 0.717) is 5.56 Å². The van der Waals surface area contributed by atoms with Gasteiger partial charge in [-0.1, -0.05) is 106 Å². The number of aryl methyl sites for hydroxylation is 6. The fraction of sp³-hybridized carbons (Fsp3) is 0.0779. The van der Waals surface area contributed by atoms with E-state index < -0.39 is 0 Å². The number of aromatic nitrogens is 5. The normalized spacial score (nSPS) is 11.7. The van der Waals surface area contributed by atoms with Gasteiger partial charge in [-0.05, 0) is 220 Å². The van der Waals surface area contributed by atoms with E-state index in [0.717, 1.165) is 106 Å². The van der Waals surface area contributed by atoms with Crippen LogP contribution in [0.2, 0.25) is 0 Å². The quantitative estimate of drug-likeness (QED) is 0.152. The minimum absolute atomic E-state index is 0.563. The van der Waals surface area contributed by atoms with Crippen LogP contribution in [0.3, 0.4) is 0 Å². The first-order valence-electron chi connectivity index (χ1n) is 28.4. The van der Waals surface area contributed by atoms with E-state index in [-0.39, 0.29) is 0 Å². The summed E-state index contributed by atoms with van der Waals surface area (Å²) >= 11 is 0. The molecule has 10 aromatic carbocycles. The number of hydrogen-bond donors (Lipinski definition) is 0. The van der Waals surface area contributed by atoms with Crippen LogP contribution in [0.25, 0.3) is 138 Å². The van der Waals surface area contributed by atoms with Crippen molar-refractivity contribution in [3.05, 3.63) is 270 Å². The highest BCUT2D eigenvalue weighted by molar-refractivity contribution is 6.14. The topological polar surface area (TPSA) is 64.4 Å². The van der Waals surface area contributed by atoms with Gasteiger partial charge in [0.05, 0.1) is 38.7 Å². The summed E-state index contributed by atoms with van der Waals surface area (Å²) in [5.74, 6) is 0. The van der Waals surface area contributed by atoms with Crippen LogP contribution in [0, 0.1) is 52.9 Å². The molecule has 0 amide bonds. The Hall–Kier alpha value is -10.6. The molecule has 0 atom stereocenters. The Labute approximate surface area is 482 Å². The molecular weight excluding hydrogens is 1010 g/mol. The summed E-state index contributed by atoms with van der Waals surface area (Å²) in [6, 6.07) is 78.5. The van der Waals surface area contributed by atoms with Crippen LogP contribution in [-0.4, -0.2) is 23.7 Å². The smallest absolute Gasteiger partial charge is 0.100 e. The van der Waals surface area contributed by atoms with Crippen LogP contribution in [0.5, 0.6) is 0 Å². The number of hydrogen-bond acceptors (Lipinski definition) is 3. The van der Waals surface area contributed by atoms with Gasteiger partial charge in [0.2, 0.25) is 0 Å². The molecule has 0 bridgehead atoms. The predicted octanol–water partition coefficient (Wildman–Crippen LogP) is 19.8. The second kappa shape index (κ2) is 19.3. The van der Waals surface area contributed by atoms with Gasteiger partial charge >= 0.3 is 0 Å². The first-order valence-corrected chi connectivity index (χ1v) is 28.4. The van der Waals surface area contributed by atoms with Crippen LogP contribution in [0.1, 0.15) is 38.9 Å². The van der Waals surface area contributed by atoms with Crippen LogP contribution < -0.4 is 0 Å². The van der Waals surface area contributed by atoms with E-state index in [4.69, 9.17) is 0 Å². The fourth-order valence-electron chi connectivity index (χ4n) is 13.3. The first-order chi connectivity index (χ1) is 40.6. The maximum atomic E-state index is 12.4. The third kappa shape index (κ3) is 7.99. The highest BCUT2D eigenvalue weighted by atomic mass is 15.0. The Morgan fingerprint density at radius 3 is 0.795 bits per heavy atom. The van der Waals surface area contributed by atoms with E-state index in [1.807, 2.05) is 24.8 Å². The number of rotatable bonds is 8. The fourth-order valence-corrected chi connectivity index (χ4v) is 13.3. The van der Waals surface area contributed by atoms with Gasteiger partial charge in [-0.2, -0.15) is 5.26 Å². The summed E-state index contributed by atoms with van der Waals surface area (Å²) in [4.78, 5) is 9.21. The molecule has 15 aromatic rings. The molecule has 0 aliphatic carbocycles. The van der Waals surface area contributed by atoms with Gasteiger partial charge in [0, 0.05) is 85.3 Å². The van der Waals surface area contributed by atoms with Crippen molar-refractivity contribution in [2.45, 2.75) is 41.5 Å². The molecule has 394 valence electrons. The third-order valence-electron chi connectivity index (χ3n) is 17.0. The van der Waals surface area contributed by atoms with E-state index in [9.17, 15) is 5.26 Å². The zero-order chi connectivity index (χ0) is 56.2. The molecule has 0 saturated carbocycles. The van der Waals surface area contributed by atoms with Crippen LogP contribution in [0.4, 0.5) is 0 Å². The second-order valence-electron chi connectivity index (χ2n) is 22.6. The Bertz CT molecular complexity index is 4810. The van der Waals surface area contributed by atoms with Crippen molar-refractivity contribution < 1.29 is 0 Å². The molecule has 0 spiro atoms. The van der Waals surface area contributed by atoms with Crippen molar-refractivity contribution in [2.75, 3.05) is 0 Å². The number of nitrogens with zero attached hydrogens (tertiary/aromatic N) is 6. The zero-order valence-electron chi connectivity index (χ0n) is 47.1. The molecule has 5 heterocycles. The molecule has 0 fully saturated rings. The zero-order valence-corrected chi connectivity index (χ0v) is 47.1. The van der Waals surface area contributed by atoms with Crippen LogP contribution in [0.15, 0.2) is 231 Å². The Morgan fingerprint density at radius 1 is 0.277 bits per heavy atom. The van der Waals surface area contributed by atoms with Gasteiger partial charge in [0.1, 0.15) is 6.07 Å². The molecule has 15 rings (SSSR count). The van der Waals surface area contributed by atoms with Crippen LogP contribution in [-0.2, 0) is 0 Å². The highest BCUT2D eigenvalue weighted by Crippen LogP contribution is 2.54. The van der Waals surface area contributed by atoms with Gasteiger partial charge in [-0.25, -0.2) is 0 Å². The lowest BCUT2D eigenvalue weighted by Crippen LogP contribution is -2.04. The van der Waals surface area contributed by atoms with E-state index in [1.54, 1.807) is 0 Å². The van der Waals surface area contributed by atoms with E-state index in [1.165, 1.54) is 65.7 Å². The molecule has 0 aliphatic rings. The Balaban J connectivity index is 1.09. The maximum absolute atomic E-state index is 12.4. The van der Waals surface area contributed by atoms with Crippen molar-refractivity contribution in [2.24, 2.45) is 0 Å². The number of nitriles is 1. The molecule has 0 unspecified atom stereocenters. The molecule has 6 nitrogen and oxygen atoms in total. The molecule has 5 aromatic heterocycles. The van der Waals surface area contributed by atoms with Gasteiger partial charge in [-0.15, -0.1) is 0 Å². The van der Waals surface area contributed by atoms with Crippen molar-refractivity contribution >= 4 is 65.4 Å². The highest BCUT2D eigenvalue weighted by Gasteiger charge is 2.30. The first kappa shape index (κ1) is 49.4. The standard InChI is InChI=1S/C77H56N6/c1-46-16-22-67-60(36-46)61-37-47(2)17-23-68(61)81(67)57-13-7-10-54(42-57)73-66(45-78)74(55-11-8-14-58(43-55)82-69-24-18-48(3)38-62(69)63-39-49(4)19-25-70(63)82)76(53-30-34-80-35-31-53)77(75(73)52-28-32-79-33-29-52)56-12-9-15-59(44-56)83-71-26-20-50(5)40-64(71)65-41-51(6)21-27-72(65)83/h7-44H,1-6H3.